The Morgan fingerprint density at radius 2 is 1.78 bits per heavy atom. The normalized spacial score (nSPS) is 9.61. The maximum atomic E-state index is 4.37. The zero-order valence-electron chi connectivity index (χ0n) is 10.4. The van der Waals surface area contributed by atoms with Crippen LogP contribution in [0.3, 0.4) is 0 Å². The van der Waals surface area contributed by atoms with Gasteiger partial charge in [-0.3, -0.25) is 9.97 Å². The average Bonchev–Trinajstić information content (AvgIpc) is 2.37. The Kier molecular flexibility index (Phi) is 5.76. The topological polar surface area (TPSA) is 25.8 Å². The summed E-state index contributed by atoms with van der Waals surface area (Å²) in [7, 11) is 0. The molecule has 2 rings (SSSR count). The van der Waals surface area contributed by atoms with Gasteiger partial charge in [0.25, 0.3) is 0 Å². The summed E-state index contributed by atoms with van der Waals surface area (Å²) in [5, 5.41) is 0. The molecule has 18 heavy (non-hydrogen) atoms. The van der Waals surface area contributed by atoms with Crippen LogP contribution in [0.2, 0.25) is 0 Å². The van der Waals surface area contributed by atoms with Crippen LogP contribution in [0.15, 0.2) is 49.3 Å². The Hall–Kier alpha value is -1.44. The molecule has 0 aliphatic carbocycles. The van der Waals surface area contributed by atoms with Gasteiger partial charge in [-0.2, -0.15) is 0 Å². The number of aryl methyl sites for hydroxylation is 2. The molecule has 2 heterocycles. The van der Waals surface area contributed by atoms with Crippen LogP contribution < -0.4 is 0 Å². The SMILES string of the molecule is C=CCCc1ccnc(-c2cc(C)ccn2)c1.[Mn]. The van der Waals surface area contributed by atoms with Crippen LogP contribution in [0.5, 0.6) is 0 Å². The Morgan fingerprint density at radius 3 is 2.44 bits per heavy atom. The van der Waals surface area contributed by atoms with Crippen molar-refractivity contribution >= 4 is 0 Å². The molecule has 0 aromatic carbocycles. The standard InChI is InChI=1S/C15H16N2.Mn/c1-3-4-5-13-7-9-17-15(11-13)14-10-12(2)6-8-16-14;/h3,6-11H,1,4-5H2,2H3;. The minimum absolute atomic E-state index is 0. The van der Waals surface area contributed by atoms with E-state index >= 15 is 0 Å². The maximum Gasteiger partial charge on any atom is 0.0888 e. The maximum absolute atomic E-state index is 4.37. The molecule has 0 unspecified atom stereocenters. The minimum Gasteiger partial charge on any atom is -0.255 e. The molecule has 93 valence electrons. The van der Waals surface area contributed by atoms with E-state index in [0.717, 1.165) is 24.2 Å². The largest absolute Gasteiger partial charge is 0.255 e. The Labute approximate surface area is 119 Å². The number of aromatic nitrogens is 2. The van der Waals surface area contributed by atoms with Crippen molar-refractivity contribution in [2.75, 3.05) is 0 Å². The fraction of sp³-hybridized carbons (Fsp3) is 0.200. The van der Waals surface area contributed by atoms with Crippen LogP contribution in [0.25, 0.3) is 11.4 Å². The average molecular weight is 279 g/mol. The van der Waals surface area contributed by atoms with E-state index in [-0.39, 0.29) is 17.1 Å². The van der Waals surface area contributed by atoms with Crippen LogP contribution in [-0.4, -0.2) is 9.97 Å². The van der Waals surface area contributed by atoms with Gasteiger partial charge in [0.05, 0.1) is 11.4 Å². The first kappa shape index (κ1) is 14.6. The molecule has 1 radical (unpaired) electrons. The fourth-order valence-electron chi connectivity index (χ4n) is 1.71. The number of hydrogen-bond acceptors (Lipinski definition) is 2. The summed E-state index contributed by atoms with van der Waals surface area (Å²) in [5.74, 6) is 0. The van der Waals surface area contributed by atoms with Crippen molar-refractivity contribution in [3.05, 3.63) is 60.4 Å². The molecule has 0 aliphatic heterocycles. The van der Waals surface area contributed by atoms with E-state index in [1.165, 1.54) is 11.1 Å². The second-order valence-corrected chi connectivity index (χ2v) is 4.10. The van der Waals surface area contributed by atoms with Crippen LogP contribution in [-0.2, 0) is 23.5 Å². The summed E-state index contributed by atoms with van der Waals surface area (Å²) >= 11 is 0. The number of pyridine rings is 2. The van der Waals surface area contributed by atoms with Gasteiger partial charge in [0.1, 0.15) is 0 Å². The first-order valence-corrected chi connectivity index (χ1v) is 5.78. The van der Waals surface area contributed by atoms with Gasteiger partial charge < -0.3 is 0 Å². The number of allylic oxidation sites excluding steroid dienone is 1. The Morgan fingerprint density at radius 1 is 1.11 bits per heavy atom. The molecule has 0 bridgehead atoms. The molecule has 0 saturated carbocycles. The second kappa shape index (κ2) is 7.10. The quantitative estimate of drug-likeness (QED) is 0.631. The summed E-state index contributed by atoms with van der Waals surface area (Å²) < 4.78 is 0. The smallest absolute Gasteiger partial charge is 0.0888 e. The monoisotopic (exact) mass is 279 g/mol. The van der Waals surface area contributed by atoms with Crippen molar-refractivity contribution in [3.63, 3.8) is 0 Å². The molecule has 2 nitrogen and oxygen atoms in total. The second-order valence-electron chi connectivity index (χ2n) is 4.10. The van der Waals surface area contributed by atoms with E-state index in [1.54, 1.807) is 0 Å². The predicted molar refractivity (Wildman–Crippen MR) is 70.7 cm³/mol. The minimum atomic E-state index is 0. The summed E-state index contributed by atoms with van der Waals surface area (Å²) in [4.78, 5) is 8.72. The van der Waals surface area contributed by atoms with Crippen LogP contribution in [0.4, 0.5) is 0 Å². The van der Waals surface area contributed by atoms with Crippen molar-refractivity contribution in [1.82, 2.24) is 9.97 Å². The first-order valence-electron chi connectivity index (χ1n) is 5.78. The molecule has 0 N–H and O–H groups in total. The number of nitrogens with zero attached hydrogens (tertiary/aromatic N) is 2. The first-order chi connectivity index (χ1) is 8.29. The van der Waals surface area contributed by atoms with Gasteiger partial charge in [-0.25, -0.2) is 0 Å². The van der Waals surface area contributed by atoms with Crippen molar-refractivity contribution < 1.29 is 17.1 Å². The zero-order chi connectivity index (χ0) is 12.1. The molecule has 0 amide bonds. The summed E-state index contributed by atoms with van der Waals surface area (Å²) in [6, 6.07) is 8.19. The van der Waals surface area contributed by atoms with E-state index in [4.69, 9.17) is 0 Å². The molecule has 0 fully saturated rings. The fourth-order valence-corrected chi connectivity index (χ4v) is 1.71. The summed E-state index contributed by atoms with van der Waals surface area (Å²) in [6.07, 6.45) is 7.60. The van der Waals surface area contributed by atoms with E-state index in [9.17, 15) is 0 Å². The van der Waals surface area contributed by atoms with Gasteiger partial charge >= 0.3 is 0 Å². The van der Waals surface area contributed by atoms with Gasteiger partial charge in [-0.15, -0.1) is 6.58 Å². The van der Waals surface area contributed by atoms with Gasteiger partial charge in [0, 0.05) is 29.5 Å². The van der Waals surface area contributed by atoms with E-state index < -0.39 is 0 Å². The molecule has 0 spiro atoms. The van der Waals surface area contributed by atoms with Crippen molar-refractivity contribution in [1.29, 1.82) is 0 Å². The predicted octanol–water partition coefficient (Wildman–Crippen LogP) is 3.57. The summed E-state index contributed by atoms with van der Waals surface area (Å²) in [5.41, 5.74) is 4.35. The van der Waals surface area contributed by atoms with Crippen molar-refractivity contribution in [3.8, 4) is 11.4 Å². The van der Waals surface area contributed by atoms with Gasteiger partial charge in [-0.1, -0.05) is 6.08 Å². The van der Waals surface area contributed by atoms with Gasteiger partial charge in [-0.05, 0) is 55.2 Å². The van der Waals surface area contributed by atoms with Crippen molar-refractivity contribution in [2.45, 2.75) is 19.8 Å². The van der Waals surface area contributed by atoms with Crippen LogP contribution in [0.1, 0.15) is 17.5 Å². The summed E-state index contributed by atoms with van der Waals surface area (Å²) in [6.45, 7) is 5.80. The Bertz CT molecular complexity index is 523. The molecule has 0 atom stereocenters. The van der Waals surface area contributed by atoms with Crippen molar-refractivity contribution in [2.24, 2.45) is 0 Å². The molecule has 2 aromatic heterocycles. The van der Waals surface area contributed by atoms with Gasteiger partial charge in [0.2, 0.25) is 0 Å². The van der Waals surface area contributed by atoms with Crippen LogP contribution in [0, 0.1) is 6.92 Å². The third-order valence-electron chi connectivity index (χ3n) is 2.64. The molecular weight excluding hydrogens is 263 g/mol. The van der Waals surface area contributed by atoms with Crippen LogP contribution >= 0.6 is 0 Å². The van der Waals surface area contributed by atoms with Gasteiger partial charge in [0.15, 0.2) is 0 Å². The third kappa shape index (κ3) is 3.79. The molecule has 2 aromatic rings. The molecular formula is C15H16MnN2. The molecule has 0 aliphatic rings. The molecule has 3 heteroatoms. The van der Waals surface area contributed by atoms with E-state index in [2.05, 4.69) is 35.6 Å². The Balaban J connectivity index is 0.00000162. The van der Waals surface area contributed by atoms with E-state index in [1.807, 2.05) is 30.6 Å². The molecule has 0 saturated heterocycles. The number of hydrogen-bond donors (Lipinski definition) is 0. The number of rotatable bonds is 4. The zero-order valence-corrected chi connectivity index (χ0v) is 11.6. The third-order valence-corrected chi connectivity index (χ3v) is 2.64. The van der Waals surface area contributed by atoms with E-state index in [0.29, 0.717) is 0 Å².